The number of rotatable bonds is 5. The first-order valence-electron chi connectivity index (χ1n) is 8.70. The highest BCUT2D eigenvalue weighted by Gasteiger charge is 2.15. The normalized spacial score (nSPS) is 15.4. The molecule has 4 nitrogen and oxygen atoms in total. The maximum Gasteiger partial charge on any atom is 0.231 e. The molecule has 0 unspecified atom stereocenters. The topological polar surface area (TPSA) is 41.1 Å². The molecule has 0 atom stereocenters. The van der Waals surface area contributed by atoms with Crippen LogP contribution < -0.4 is 10.2 Å². The van der Waals surface area contributed by atoms with Crippen LogP contribution in [0.15, 0.2) is 36.5 Å². The third-order valence-corrected chi connectivity index (χ3v) is 4.47. The number of hydrogen-bond acceptors (Lipinski definition) is 4. The molecule has 3 rings (SSSR count). The number of nitrogens with one attached hydrogen (secondary N) is 1. The highest BCUT2D eigenvalue weighted by atomic mass is 15.3. The summed E-state index contributed by atoms with van der Waals surface area (Å²) < 4.78 is 0. The number of benzene rings is 1. The maximum atomic E-state index is 4.75. The van der Waals surface area contributed by atoms with Gasteiger partial charge in [-0.1, -0.05) is 31.4 Å². The van der Waals surface area contributed by atoms with Crippen LogP contribution in [0, 0.1) is 6.92 Å². The van der Waals surface area contributed by atoms with Gasteiger partial charge in [0.05, 0.1) is 0 Å². The van der Waals surface area contributed by atoms with Crippen molar-refractivity contribution in [1.29, 1.82) is 0 Å². The number of aromatic nitrogens is 2. The quantitative estimate of drug-likeness (QED) is 0.870. The molecule has 1 N–H and O–H groups in total. The van der Waals surface area contributed by atoms with Gasteiger partial charge in [-0.15, -0.1) is 0 Å². The lowest BCUT2D eigenvalue weighted by Crippen LogP contribution is -2.24. The van der Waals surface area contributed by atoms with Crippen molar-refractivity contribution in [2.24, 2.45) is 0 Å². The molecule has 0 bridgehead atoms. The molecule has 1 fully saturated rings. The third-order valence-electron chi connectivity index (χ3n) is 4.47. The molecular weight excluding hydrogens is 284 g/mol. The minimum Gasteiger partial charge on any atom is -0.367 e. The Morgan fingerprint density at radius 1 is 1.17 bits per heavy atom. The van der Waals surface area contributed by atoms with Gasteiger partial charge in [0.1, 0.15) is 5.82 Å². The molecule has 1 aromatic heterocycles. The van der Waals surface area contributed by atoms with Gasteiger partial charge in [-0.3, -0.25) is 0 Å². The predicted molar refractivity (Wildman–Crippen MR) is 96.4 cm³/mol. The summed E-state index contributed by atoms with van der Waals surface area (Å²) in [5, 5.41) is 3.59. The number of aryl methyl sites for hydroxylation is 1. The predicted octanol–water partition coefficient (Wildman–Crippen LogP) is 4.69. The van der Waals surface area contributed by atoms with E-state index >= 15 is 0 Å². The van der Waals surface area contributed by atoms with Crippen LogP contribution in [0.3, 0.4) is 0 Å². The molecule has 0 radical (unpaired) electrons. The van der Waals surface area contributed by atoms with Gasteiger partial charge >= 0.3 is 0 Å². The van der Waals surface area contributed by atoms with Crippen molar-refractivity contribution in [2.45, 2.75) is 52.0 Å². The Hall–Kier alpha value is -2.10. The molecule has 23 heavy (non-hydrogen) atoms. The molecule has 1 aromatic carbocycles. The van der Waals surface area contributed by atoms with Gasteiger partial charge in [-0.25, -0.2) is 4.98 Å². The van der Waals surface area contributed by atoms with Gasteiger partial charge < -0.3 is 10.2 Å². The van der Waals surface area contributed by atoms with E-state index < -0.39 is 0 Å². The van der Waals surface area contributed by atoms with Crippen LogP contribution in [0.5, 0.6) is 0 Å². The van der Waals surface area contributed by atoms with Gasteiger partial charge in [0, 0.05) is 24.5 Å². The zero-order valence-electron chi connectivity index (χ0n) is 14.1. The van der Waals surface area contributed by atoms with Crippen molar-refractivity contribution in [2.75, 3.05) is 16.8 Å². The number of hydrogen-bond donors (Lipinski definition) is 1. The van der Waals surface area contributed by atoms with Gasteiger partial charge in [0.2, 0.25) is 5.95 Å². The molecule has 1 saturated carbocycles. The van der Waals surface area contributed by atoms with Crippen LogP contribution >= 0.6 is 0 Å². The summed E-state index contributed by atoms with van der Waals surface area (Å²) in [4.78, 5) is 11.4. The third kappa shape index (κ3) is 4.01. The largest absolute Gasteiger partial charge is 0.367 e. The second kappa shape index (κ2) is 7.44. The van der Waals surface area contributed by atoms with Crippen LogP contribution in [0.2, 0.25) is 0 Å². The van der Waals surface area contributed by atoms with Crippen molar-refractivity contribution < 1.29 is 0 Å². The molecule has 0 amide bonds. The Kier molecular flexibility index (Phi) is 5.11. The Bertz CT molecular complexity index is 635. The zero-order valence-corrected chi connectivity index (χ0v) is 14.1. The molecule has 0 aliphatic heterocycles. The van der Waals surface area contributed by atoms with E-state index in [2.05, 4.69) is 53.3 Å². The first-order chi connectivity index (χ1) is 11.3. The second-order valence-corrected chi connectivity index (χ2v) is 6.30. The molecule has 1 aliphatic carbocycles. The Morgan fingerprint density at radius 2 is 2.00 bits per heavy atom. The zero-order chi connectivity index (χ0) is 16.1. The van der Waals surface area contributed by atoms with Crippen molar-refractivity contribution in [1.82, 2.24) is 9.97 Å². The summed E-state index contributed by atoms with van der Waals surface area (Å²) >= 11 is 0. The van der Waals surface area contributed by atoms with Gasteiger partial charge in [0.25, 0.3) is 0 Å². The van der Waals surface area contributed by atoms with Crippen molar-refractivity contribution >= 4 is 17.5 Å². The van der Waals surface area contributed by atoms with E-state index in [0.29, 0.717) is 6.04 Å². The molecule has 2 aromatic rings. The van der Waals surface area contributed by atoms with Crippen molar-refractivity contribution in [3.8, 4) is 0 Å². The van der Waals surface area contributed by atoms with Crippen LogP contribution in [0.25, 0.3) is 0 Å². The fourth-order valence-corrected chi connectivity index (χ4v) is 3.25. The lowest BCUT2D eigenvalue weighted by molar-refractivity contribution is 0.462. The van der Waals surface area contributed by atoms with E-state index in [1.54, 1.807) is 0 Å². The summed E-state index contributed by atoms with van der Waals surface area (Å²) in [6.45, 7) is 5.09. The monoisotopic (exact) mass is 310 g/mol. The summed E-state index contributed by atoms with van der Waals surface area (Å²) in [6.07, 6.45) is 8.35. The van der Waals surface area contributed by atoms with E-state index in [-0.39, 0.29) is 0 Å². The van der Waals surface area contributed by atoms with E-state index in [9.17, 15) is 0 Å². The fraction of sp³-hybridized carbons (Fsp3) is 0.474. The van der Waals surface area contributed by atoms with E-state index in [1.165, 1.54) is 37.7 Å². The first-order valence-corrected chi connectivity index (χ1v) is 8.70. The highest BCUT2D eigenvalue weighted by Crippen LogP contribution is 2.25. The van der Waals surface area contributed by atoms with E-state index in [1.807, 2.05) is 12.3 Å². The first kappa shape index (κ1) is 15.8. The van der Waals surface area contributed by atoms with E-state index in [0.717, 1.165) is 24.0 Å². The Labute approximate surface area is 139 Å². The second-order valence-electron chi connectivity index (χ2n) is 6.30. The molecule has 4 heteroatoms. The summed E-state index contributed by atoms with van der Waals surface area (Å²) in [5.41, 5.74) is 2.39. The number of anilines is 3. The summed E-state index contributed by atoms with van der Waals surface area (Å²) in [7, 11) is 0. The molecule has 0 spiro atoms. The lowest BCUT2D eigenvalue weighted by Gasteiger charge is -2.25. The van der Waals surface area contributed by atoms with E-state index in [4.69, 9.17) is 4.98 Å². The Balaban J connectivity index is 1.79. The van der Waals surface area contributed by atoms with Gasteiger partial charge in [0.15, 0.2) is 0 Å². The average molecular weight is 310 g/mol. The highest BCUT2D eigenvalue weighted by molar-refractivity contribution is 5.59. The Morgan fingerprint density at radius 3 is 2.74 bits per heavy atom. The standard InChI is InChI=1S/C19H26N4/c1-3-23(17-11-7-8-15(2)14-17)19-20-13-12-18(22-19)21-16-9-5-4-6-10-16/h7-8,11-14,16H,3-6,9-10H2,1-2H3,(H,20,21,22). The minimum absolute atomic E-state index is 0.556. The SMILES string of the molecule is CCN(c1cccc(C)c1)c1nccc(NC2CCCCC2)n1. The molecule has 1 heterocycles. The molecule has 122 valence electrons. The van der Waals surface area contributed by atoms with Gasteiger partial charge in [-0.05, 0) is 50.5 Å². The molecular formula is C19H26N4. The maximum absolute atomic E-state index is 4.75. The molecule has 0 saturated heterocycles. The van der Waals surface area contributed by atoms with Crippen LogP contribution in [-0.2, 0) is 0 Å². The van der Waals surface area contributed by atoms with Crippen LogP contribution in [0.4, 0.5) is 17.5 Å². The van der Waals surface area contributed by atoms with Gasteiger partial charge in [-0.2, -0.15) is 4.98 Å². The molecule has 1 aliphatic rings. The smallest absolute Gasteiger partial charge is 0.231 e. The van der Waals surface area contributed by atoms with Crippen molar-refractivity contribution in [3.63, 3.8) is 0 Å². The fourth-order valence-electron chi connectivity index (χ4n) is 3.25. The van der Waals surface area contributed by atoms with Crippen LogP contribution in [0.1, 0.15) is 44.6 Å². The van der Waals surface area contributed by atoms with Crippen LogP contribution in [-0.4, -0.2) is 22.6 Å². The minimum atomic E-state index is 0.556. The average Bonchev–Trinajstić information content (AvgIpc) is 2.57. The lowest BCUT2D eigenvalue weighted by atomic mass is 9.95. The van der Waals surface area contributed by atoms with Crippen molar-refractivity contribution in [3.05, 3.63) is 42.1 Å². The number of nitrogens with zero attached hydrogens (tertiary/aromatic N) is 3. The summed E-state index contributed by atoms with van der Waals surface area (Å²) in [5.74, 6) is 1.70. The summed E-state index contributed by atoms with van der Waals surface area (Å²) in [6, 6.07) is 11.0.